The van der Waals surface area contributed by atoms with Crippen LogP contribution in [-0.4, -0.2) is 17.5 Å². The van der Waals surface area contributed by atoms with Gasteiger partial charge in [-0.25, -0.2) is 0 Å². The number of hydrogen-bond acceptors (Lipinski definition) is 2. The highest BCUT2D eigenvalue weighted by Crippen LogP contribution is 2.20. The number of hydrogen-bond donors (Lipinski definition) is 1. The maximum Gasteiger partial charge on any atom is 0.0346 e. The molecule has 1 fully saturated rings. The van der Waals surface area contributed by atoms with Gasteiger partial charge >= 0.3 is 0 Å². The van der Waals surface area contributed by atoms with Crippen molar-refractivity contribution in [2.75, 3.05) is 12.3 Å². The van der Waals surface area contributed by atoms with E-state index in [9.17, 15) is 0 Å². The first-order valence-corrected chi connectivity index (χ1v) is 6.76. The van der Waals surface area contributed by atoms with Gasteiger partial charge in [-0.3, -0.25) is 4.90 Å². The van der Waals surface area contributed by atoms with Crippen molar-refractivity contribution < 1.29 is 0 Å². The second kappa shape index (κ2) is 5.54. The van der Waals surface area contributed by atoms with Crippen molar-refractivity contribution >= 4 is 5.69 Å². The third-order valence-corrected chi connectivity index (χ3v) is 3.92. The lowest BCUT2D eigenvalue weighted by molar-refractivity contribution is 0.205. The summed E-state index contributed by atoms with van der Waals surface area (Å²) in [6, 6.07) is 7.18. The van der Waals surface area contributed by atoms with Crippen LogP contribution in [0.3, 0.4) is 0 Å². The summed E-state index contributed by atoms with van der Waals surface area (Å²) < 4.78 is 0. The zero-order valence-corrected chi connectivity index (χ0v) is 11.1. The fraction of sp³-hybridized carbons (Fsp3) is 0.600. The predicted octanol–water partition coefficient (Wildman–Crippen LogP) is 3.34. The van der Waals surface area contributed by atoms with Crippen LogP contribution in [0, 0.1) is 6.92 Å². The Bertz CT molecular complexity index is 373. The molecule has 1 heterocycles. The number of benzene rings is 1. The third-order valence-electron chi connectivity index (χ3n) is 3.92. The predicted molar refractivity (Wildman–Crippen MR) is 73.9 cm³/mol. The Hall–Kier alpha value is -1.02. The molecule has 1 saturated heterocycles. The minimum Gasteiger partial charge on any atom is -0.399 e. The molecule has 0 aliphatic carbocycles. The Labute approximate surface area is 105 Å². The summed E-state index contributed by atoms with van der Waals surface area (Å²) in [6.45, 7) is 6.69. The number of likely N-dealkylation sites (tertiary alicyclic amines) is 1. The fourth-order valence-electron chi connectivity index (χ4n) is 2.59. The molecule has 1 aromatic carbocycles. The molecule has 94 valence electrons. The molecule has 1 aliphatic heterocycles. The van der Waals surface area contributed by atoms with Gasteiger partial charge in [-0.15, -0.1) is 0 Å². The Morgan fingerprint density at radius 2 is 2.12 bits per heavy atom. The van der Waals surface area contributed by atoms with Gasteiger partial charge in [-0.05, 0) is 50.4 Å². The van der Waals surface area contributed by atoms with Crippen LogP contribution in [0.15, 0.2) is 18.2 Å². The van der Waals surface area contributed by atoms with E-state index in [1.54, 1.807) is 0 Å². The zero-order valence-electron chi connectivity index (χ0n) is 11.1. The molecule has 2 heteroatoms. The summed E-state index contributed by atoms with van der Waals surface area (Å²) in [7, 11) is 0. The van der Waals surface area contributed by atoms with Crippen molar-refractivity contribution in [2.24, 2.45) is 0 Å². The first-order valence-electron chi connectivity index (χ1n) is 6.76. The van der Waals surface area contributed by atoms with Gasteiger partial charge < -0.3 is 5.73 Å². The van der Waals surface area contributed by atoms with Crippen LogP contribution in [0.25, 0.3) is 0 Å². The Morgan fingerprint density at radius 1 is 1.29 bits per heavy atom. The van der Waals surface area contributed by atoms with E-state index in [1.165, 1.54) is 43.4 Å². The van der Waals surface area contributed by atoms with Crippen LogP contribution in [0.5, 0.6) is 0 Å². The van der Waals surface area contributed by atoms with Crippen LogP contribution in [-0.2, 0) is 6.54 Å². The van der Waals surface area contributed by atoms with Crippen LogP contribution < -0.4 is 5.73 Å². The molecule has 1 aromatic rings. The highest BCUT2D eigenvalue weighted by molar-refractivity contribution is 5.48. The number of nitrogens with two attached hydrogens (primary N) is 1. The van der Waals surface area contributed by atoms with Crippen LogP contribution >= 0.6 is 0 Å². The molecule has 0 amide bonds. The summed E-state index contributed by atoms with van der Waals surface area (Å²) in [5.41, 5.74) is 9.42. The zero-order chi connectivity index (χ0) is 12.3. The minimum atomic E-state index is 0.708. The van der Waals surface area contributed by atoms with E-state index >= 15 is 0 Å². The maximum atomic E-state index is 5.97. The van der Waals surface area contributed by atoms with E-state index in [0.717, 1.165) is 12.2 Å². The molecule has 1 unspecified atom stereocenters. The van der Waals surface area contributed by atoms with E-state index < -0.39 is 0 Å². The van der Waals surface area contributed by atoms with Gasteiger partial charge in [0.15, 0.2) is 0 Å². The van der Waals surface area contributed by atoms with Gasteiger partial charge in [0.2, 0.25) is 0 Å². The molecule has 0 bridgehead atoms. The Kier molecular flexibility index (Phi) is 4.06. The summed E-state index contributed by atoms with van der Waals surface area (Å²) in [5.74, 6) is 0. The average molecular weight is 232 g/mol. The highest BCUT2D eigenvalue weighted by Gasteiger charge is 2.16. The quantitative estimate of drug-likeness (QED) is 0.792. The monoisotopic (exact) mass is 232 g/mol. The summed E-state index contributed by atoms with van der Waals surface area (Å²) in [6.07, 6.45) is 5.44. The number of rotatable bonds is 2. The maximum absolute atomic E-state index is 5.97. The smallest absolute Gasteiger partial charge is 0.0346 e. The number of nitrogens with zero attached hydrogens (tertiary/aromatic N) is 1. The van der Waals surface area contributed by atoms with Gasteiger partial charge in [0.1, 0.15) is 0 Å². The third kappa shape index (κ3) is 3.22. The van der Waals surface area contributed by atoms with E-state index in [4.69, 9.17) is 5.73 Å². The van der Waals surface area contributed by atoms with Gasteiger partial charge in [-0.1, -0.05) is 25.0 Å². The van der Waals surface area contributed by atoms with Crippen LogP contribution in [0.4, 0.5) is 5.69 Å². The average Bonchev–Trinajstić information content (AvgIpc) is 2.50. The number of aryl methyl sites for hydroxylation is 1. The van der Waals surface area contributed by atoms with E-state index in [2.05, 4.69) is 36.9 Å². The molecule has 2 N–H and O–H groups in total. The summed E-state index contributed by atoms with van der Waals surface area (Å²) >= 11 is 0. The minimum absolute atomic E-state index is 0.708. The van der Waals surface area contributed by atoms with Gasteiger partial charge in [0, 0.05) is 18.3 Å². The molecule has 1 aliphatic rings. The number of nitrogen functional groups attached to an aromatic ring is 1. The molecule has 1 atom stereocenters. The van der Waals surface area contributed by atoms with Crippen molar-refractivity contribution in [1.82, 2.24) is 4.90 Å². The standard InChI is InChI=1S/C15H24N2/c1-12-7-8-14(10-15(12)16)11-17-9-5-3-4-6-13(17)2/h7-8,10,13H,3-6,9,11,16H2,1-2H3. The van der Waals surface area contributed by atoms with Gasteiger partial charge in [0.05, 0.1) is 0 Å². The molecular weight excluding hydrogens is 208 g/mol. The Balaban J connectivity index is 2.05. The molecule has 17 heavy (non-hydrogen) atoms. The molecule has 0 aromatic heterocycles. The second-order valence-electron chi connectivity index (χ2n) is 5.36. The lowest BCUT2D eigenvalue weighted by atomic mass is 10.1. The van der Waals surface area contributed by atoms with Crippen LogP contribution in [0.1, 0.15) is 43.7 Å². The van der Waals surface area contributed by atoms with Gasteiger partial charge in [-0.2, -0.15) is 0 Å². The lowest BCUT2D eigenvalue weighted by Crippen LogP contribution is -2.31. The first kappa shape index (κ1) is 12.4. The summed E-state index contributed by atoms with van der Waals surface area (Å²) in [4.78, 5) is 2.59. The normalized spacial score (nSPS) is 22.4. The van der Waals surface area contributed by atoms with Crippen molar-refractivity contribution in [1.29, 1.82) is 0 Å². The second-order valence-corrected chi connectivity index (χ2v) is 5.36. The molecule has 2 rings (SSSR count). The lowest BCUT2D eigenvalue weighted by Gasteiger charge is -2.27. The van der Waals surface area contributed by atoms with Crippen molar-refractivity contribution in [2.45, 2.75) is 52.1 Å². The van der Waals surface area contributed by atoms with E-state index in [0.29, 0.717) is 6.04 Å². The van der Waals surface area contributed by atoms with Crippen molar-refractivity contribution in [3.05, 3.63) is 29.3 Å². The van der Waals surface area contributed by atoms with E-state index in [-0.39, 0.29) is 0 Å². The fourth-order valence-corrected chi connectivity index (χ4v) is 2.59. The van der Waals surface area contributed by atoms with Crippen molar-refractivity contribution in [3.63, 3.8) is 0 Å². The van der Waals surface area contributed by atoms with Crippen LogP contribution in [0.2, 0.25) is 0 Å². The molecule has 2 nitrogen and oxygen atoms in total. The molecule has 0 radical (unpaired) electrons. The van der Waals surface area contributed by atoms with Crippen molar-refractivity contribution in [3.8, 4) is 0 Å². The highest BCUT2D eigenvalue weighted by atomic mass is 15.1. The largest absolute Gasteiger partial charge is 0.399 e. The first-order chi connectivity index (χ1) is 8.16. The Morgan fingerprint density at radius 3 is 2.88 bits per heavy atom. The SMILES string of the molecule is Cc1ccc(CN2CCCCCC2C)cc1N. The molecule has 0 spiro atoms. The molecular formula is C15H24N2. The summed E-state index contributed by atoms with van der Waals surface area (Å²) in [5, 5.41) is 0. The number of anilines is 1. The van der Waals surface area contributed by atoms with E-state index in [1.807, 2.05) is 0 Å². The molecule has 0 saturated carbocycles. The topological polar surface area (TPSA) is 29.3 Å². The van der Waals surface area contributed by atoms with Gasteiger partial charge in [0.25, 0.3) is 0 Å².